The average Bonchev–Trinajstić information content (AvgIpc) is 3.48. The van der Waals surface area contributed by atoms with Crippen LogP contribution in [0.5, 0.6) is 0 Å². The monoisotopic (exact) mass is 640 g/mol. The Morgan fingerprint density at radius 2 is 1.63 bits per heavy atom. The van der Waals surface area contributed by atoms with Crippen LogP contribution in [0.3, 0.4) is 0 Å². The normalized spacial score (nSPS) is 14.4. The van der Waals surface area contributed by atoms with Crippen molar-refractivity contribution < 1.29 is 41.7 Å². The van der Waals surface area contributed by atoms with Crippen LogP contribution in [0.25, 0.3) is 0 Å². The largest absolute Gasteiger partial charge is 0.388 e. The lowest BCUT2D eigenvalue weighted by atomic mass is 9.92. The lowest BCUT2D eigenvalue weighted by Gasteiger charge is -2.33. The first-order valence-electron chi connectivity index (χ1n) is 13.2. The smallest absolute Gasteiger partial charge is 0.271 e. The van der Waals surface area contributed by atoms with Gasteiger partial charge in [-0.15, -0.1) is 11.3 Å². The number of sulfonamides is 1. The summed E-state index contributed by atoms with van der Waals surface area (Å²) in [6.45, 7) is 1.56. The highest BCUT2D eigenvalue weighted by Gasteiger charge is 2.35. The minimum absolute atomic E-state index is 0.0274. The van der Waals surface area contributed by atoms with E-state index >= 15 is 0 Å². The number of benzene rings is 2. The summed E-state index contributed by atoms with van der Waals surface area (Å²) >= 11 is 0.899. The van der Waals surface area contributed by atoms with Crippen molar-refractivity contribution in [2.75, 3.05) is 30.8 Å². The van der Waals surface area contributed by atoms with Crippen molar-refractivity contribution in [2.24, 2.45) is 0 Å². The van der Waals surface area contributed by atoms with Gasteiger partial charge in [-0.3, -0.25) is 9.59 Å². The minimum Gasteiger partial charge on any atom is -0.388 e. The van der Waals surface area contributed by atoms with Gasteiger partial charge in [0.1, 0.15) is 29.5 Å². The molecule has 0 aliphatic heterocycles. The third-order valence-electron chi connectivity index (χ3n) is 6.63. The zero-order valence-electron chi connectivity index (χ0n) is 23.7. The quantitative estimate of drug-likeness (QED) is 0.197. The van der Waals surface area contributed by atoms with Gasteiger partial charge in [-0.05, 0) is 49.6 Å². The van der Waals surface area contributed by atoms with Gasteiger partial charge in [0.15, 0.2) is 5.13 Å². The van der Waals surface area contributed by atoms with Crippen LogP contribution in [0.1, 0.15) is 39.8 Å². The number of amides is 2. The first kappa shape index (κ1) is 34.0. The molecule has 1 aromatic heterocycles. The molecule has 2 aromatic carbocycles. The number of methoxy groups -OCH3 is 1. The van der Waals surface area contributed by atoms with Gasteiger partial charge in [-0.1, -0.05) is 18.2 Å². The third kappa shape index (κ3) is 9.24. The van der Waals surface area contributed by atoms with Crippen molar-refractivity contribution in [2.45, 2.75) is 44.1 Å². The van der Waals surface area contributed by atoms with E-state index in [0.29, 0.717) is 11.6 Å². The Labute approximate surface area is 252 Å². The van der Waals surface area contributed by atoms with Gasteiger partial charge < -0.3 is 25.6 Å². The van der Waals surface area contributed by atoms with E-state index in [9.17, 15) is 37.0 Å². The van der Waals surface area contributed by atoms with Crippen LogP contribution < -0.4 is 14.9 Å². The van der Waals surface area contributed by atoms with Gasteiger partial charge in [-0.25, -0.2) is 26.5 Å². The summed E-state index contributed by atoms with van der Waals surface area (Å²) in [6.07, 6.45) is -3.66. The maximum atomic E-state index is 14.0. The van der Waals surface area contributed by atoms with Crippen LogP contribution in [-0.4, -0.2) is 86.2 Å². The lowest BCUT2D eigenvalue weighted by molar-refractivity contribution is -0.0269. The summed E-state index contributed by atoms with van der Waals surface area (Å²) in [5, 5.41) is 29.1. The van der Waals surface area contributed by atoms with Gasteiger partial charge in [0.25, 0.3) is 11.8 Å². The van der Waals surface area contributed by atoms with E-state index in [1.165, 1.54) is 26.5 Å². The van der Waals surface area contributed by atoms with Crippen LogP contribution in [0.15, 0.2) is 53.9 Å². The zero-order chi connectivity index (χ0) is 31.7. The average molecular weight is 641 g/mol. The standard InChI is InChI=1S/C28H34F2N4O7S2/c1-4-43(39,40)34(2)28-33-23(16-42-28)27(38)32-22(14-17-12-19(29)15-20(30)13-17)25(36)24(35)21(10-11-41-3)31-26(37)18-8-6-5-7-9-18/h5-9,12-13,15-16,21-22,24-25,35-36H,4,10-11,14H2,1-3H3,(H,31,37)(H,32,38)/t21-,22+,24-,25-/m1/s1. The van der Waals surface area contributed by atoms with Crippen molar-refractivity contribution in [1.29, 1.82) is 0 Å². The summed E-state index contributed by atoms with van der Waals surface area (Å²) in [5.41, 5.74) is 0.202. The zero-order valence-corrected chi connectivity index (χ0v) is 25.4. The molecule has 43 heavy (non-hydrogen) atoms. The molecule has 0 spiro atoms. The van der Waals surface area contributed by atoms with Crippen LogP contribution in [0, 0.1) is 11.6 Å². The van der Waals surface area contributed by atoms with Crippen molar-refractivity contribution >= 4 is 38.3 Å². The number of nitrogens with one attached hydrogen (secondary N) is 2. The molecule has 3 aromatic rings. The molecular weight excluding hydrogens is 606 g/mol. The maximum absolute atomic E-state index is 14.0. The molecule has 0 bridgehead atoms. The van der Waals surface area contributed by atoms with Gasteiger partial charge in [0, 0.05) is 37.8 Å². The predicted molar refractivity (Wildman–Crippen MR) is 157 cm³/mol. The molecule has 2 amide bonds. The number of thiazole rings is 1. The van der Waals surface area contributed by atoms with E-state index in [0.717, 1.165) is 27.8 Å². The Kier molecular flexibility index (Phi) is 12.1. The van der Waals surface area contributed by atoms with Crippen LogP contribution in [0.4, 0.5) is 13.9 Å². The Hall–Kier alpha value is -3.50. The summed E-state index contributed by atoms with van der Waals surface area (Å²) in [5.74, 6) is -3.31. The van der Waals surface area contributed by atoms with Crippen molar-refractivity contribution in [3.05, 3.63) is 82.4 Å². The van der Waals surface area contributed by atoms with Crippen molar-refractivity contribution in [3.63, 3.8) is 0 Å². The summed E-state index contributed by atoms with van der Waals surface area (Å²) < 4.78 is 58.4. The molecule has 0 saturated carbocycles. The summed E-state index contributed by atoms with van der Waals surface area (Å²) in [6, 6.07) is 8.51. The van der Waals surface area contributed by atoms with E-state index in [4.69, 9.17) is 4.74 Å². The molecule has 0 unspecified atom stereocenters. The van der Waals surface area contributed by atoms with E-state index < -0.39 is 57.8 Å². The van der Waals surface area contributed by atoms with E-state index in [1.807, 2.05) is 0 Å². The molecular formula is C28H34F2N4O7S2. The number of aliphatic hydroxyl groups excluding tert-OH is 2. The first-order chi connectivity index (χ1) is 20.4. The fourth-order valence-electron chi connectivity index (χ4n) is 4.20. The second-order valence-corrected chi connectivity index (χ2v) is 12.8. The Morgan fingerprint density at radius 1 is 1.02 bits per heavy atom. The number of aromatic nitrogens is 1. The number of rotatable bonds is 15. The van der Waals surface area contributed by atoms with Gasteiger partial charge in [0.2, 0.25) is 10.0 Å². The SMILES string of the molecule is CCS(=O)(=O)N(C)c1nc(C(=O)N[C@@H](Cc2cc(F)cc(F)c2)[C@@H](O)[C@H](O)[C@@H](CCOC)NC(=O)c2ccccc2)cs1. The second kappa shape index (κ2) is 15.3. The maximum Gasteiger partial charge on any atom is 0.271 e. The topological polar surface area (TPSA) is 158 Å². The van der Waals surface area contributed by atoms with E-state index in [1.54, 1.807) is 30.3 Å². The highest BCUT2D eigenvalue weighted by Crippen LogP contribution is 2.23. The molecule has 0 radical (unpaired) electrons. The van der Waals surface area contributed by atoms with Crippen molar-refractivity contribution in [1.82, 2.24) is 15.6 Å². The predicted octanol–water partition coefficient (Wildman–Crippen LogP) is 2.11. The molecule has 15 heteroatoms. The van der Waals surface area contributed by atoms with Crippen molar-refractivity contribution in [3.8, 4) is 0 Å². The van der Waals surface area contributed by atoms with E-state index in [-0.39, 0.29) is 41.6 Å². The molecule has 0 fully saturated rings. The highest BCUT2D eigenvalue weighted by molar-refractivity contribution is 7.92. The second-order valence-electron chi connectivity index (χ2n) is 9.65. The minimum atomic E-state index is -3.65. The van der Waals surface area contributed by atoms with Crippen LogP contribution >= 0.6 is 11.3 Å². The third-order valence-corrected chi connectivity index (χ3v) is 9.40. The van der Waals surface area contributed by atoms with E-state index in [2.05, 4.69) is 15.6 Å². The Bertz CT molecular complexity index is 1470. The molecule has 3 rings (SSSR count). The van der Waals surface area contributed by atoms with Crippen LogP contribution in [-0.2, 0) is 21.2 Å². The number of ether oxygens (including phenoxy) is 1. The first-order valence-corrected chi connectivity index (χ1v) is 15.7. The van der Waals surface area contributed by atoms with Gasteiger partial charge in [-0.2, -0.15) is 0 Å². The fraction of sp³-hybridized carbons (Fsp3) is 0.393. The summed E-state index contributed by atoms with van der Waals surface area (Å²) in [7, 11) is -0.928. The number of nitrogens with zero attached hydrogens (tertiary/aromatic N) is 2. The molecule has 0 aliphatic rings. The molecule has 4 N–H and O–H groups in total. The summed E-state index contributed by atoms with van der Waals surface area (Å²) in [4.78, 5) is 30.1. The number of hydrogen-bond donors (Lipinski definition) is 4. The van der Waals surface area contributed by atoms with Gasteiger partial charge in [0.05, 0.1) is 17.8 Å². The number of hydrogen-bond acceptors (Lipinski definition) is 9. The Morgan fingerprint density at radius 3 is 2.23 bits per heavy atom. The molecule has 0 aliphatic carbocycles. The molecule has 0 saturated heterocycles. The molecule has 234 valence electrons. The number of halogens is 2. The number of anilines is 1. The lowest BCUT2D eigenvalue weighted by Crippen LogP contribution is -2.57. The fourth-order valence-corrected chi connectivity index (χ4v) is 6.01. The molecule has 4 atom stereocenters. The number of carbonyl (C=O) groups is 2. The number of aliphatic hydroxyl groups is 2. The van der Waals surface area contributed by atoms with Gasteiger partial charge >= 0.3 is 0 Å². The highest BCUT2D eigenvalue weighted by atomic mass is 32.2. The molecule has 1 heterocycles. The number of carbonyl (C=O) groups excluding carboxylic acids is 2. The van der Waals surface area contributed by atoms with Crippen LogP contribution in [0.2, 0.25) is 0 Å². The molecule has 11 nitrogen and oxygen atoms in total. The Balaban J connectivity index is 1.89.